The molecule has 0 spiro atoms. The molecule has 4 heteroatoms. The molecule has 1 N–H and O–H groups in total. The van der Waals surface area contributed by atoms with Crippen molar-refractivity contribution in [1.82, 2.24) is 9.88 Å². The zero-order valence-corrected chi connectivity index (χ0v) is 12.3. The summed E-state index contributed by atoms with van der Waals surface area (Å²) < 4.78 is 1.97. The Kier molecular flexibility index (Phi) is 4.10. The minimum atomic E-state index is 0.144. The van der Waals surface area contributed by atoms with Crippen molar-refractivity contribution in [1.29, 1.82) is 0 Å². The van der Waals surface area contributed by atoms with E-state index >= 15 is 0 Å². The van der Waals surface area contributed by atoms with Crippen LogP contribution in [0.4, 0.5) is 5.69 Å². The summed E-state index contributed by atoms with van der Waals surface area (Å²) >= 11 is 0. The van der Waals surface area contributed by atoms with Crippen LogP contribution in [-0.2, 0) is 0 Å². The second kappa shape index (κ2) is 6.00. The first-order valence-electron chi connectivity index (χ1n) is 7.92. The van der Waals surface area contributed by atoms with Crippen molar-refractivity contribution in [2.45, 2.75) is 38.6 Å². The van der Waals surface area contributed by atoms with E-state index in [-0.39, 0.29) is 5.56 Å². The first kappa shape index (κ1) is 13.7. The molecule has 20 heavy (non-hydrogen) atoms. The summed E-state index contributed by atoms with van der Waals surface area (Å²) in [7, 11) is 0. The number of nitrogens with one attached hydrogen (secondary N) is 1. The highest BCUT2D eigenvalue weighted by Gasteiger charge is 2.19. The molecular weight excluding hydrogens is 250 g/mol. The first-order valence-corrected chi connectivity index (χ1v) is 7.92. The highest BCUT2D eigenvalue weighted by Crippen LogP contribution is 2.24. The van der Waals surface area contributed by atoms with Gasteiger partial charge in [-0.2, -0.15) is 0 Å². The van der Waals surface area contributed by atoms with E-state index in [1.165, 1.54) is 18.5 Å². The molecule has 0 atom stereocenters. The van der Waals surface area contributed by atoms with E-state index in [0.717, 1.165) is 44.9 Å². The molecule has 1 aromatic heterocycles. The molecule has 0 radical (unpaired) electrons. The zero-order valence-electron chi connectivity index (χ0n) is 12.3. The summed E-state index contributed by atoms with van der Waals surface area (Å²) in [4.78, 5) is 14.6. The number of anilines is 1. The lowest BCUT2D eigenvalue weighted by atomic mass is 9.99. The van der Waals surface area contributed by atoms with Gasteiger partial charge in [0.1, 0.15) is 0 Å². The van der Waals surface area contributed by atoms with Crippen LogP contribution in [0.5, 0.6) is 0 Å². The number of nitrogens with zero attached hydrogens (tertiary/aromatic N) is 2. The van der Waals surface area contributed by atoms with Gasteiger partial charge < -0.3 is 14.8 Å². The highest BCUT2D eigenvalue weighted by molar-refractivity contribution is 5.44. The van der Waals surface area contributed by atoms with E-state index in [2.05, 4.69) is 23.3 Å². The molecule has 110 valence electrons. The molecule has 4 nitrogen and oxygen atoms in total. The highest BCUT2D eigenvalue weighted by atomic mass is 16.1. The molecule has 3 heterocycles. The third-order valence-corrected chi connectivity index (χ3v) is 4.77. The number of hydrogen-bond donors (Lipinski definition) is 1. The van der Waals surface area contributed by atoms with Crippen LogP contribution in [0, 0.1) is 5.92 Å². The Morgan fingerprint density at radius 1 is 1.10 bits per heavy atom. The van der Waals surface area contributed by atoms with E-state index in [1.807, 2.05) is 10.6 Å². The van der Waals surface area contributed by atoms with Crippen LogP contribution in [0.15, 0.2) is 23.1 Å². The number of aromatic nitrogens is 1. The van der Waals surface area contributed by atoms with Crippen molar-refractivity contribution < 1.29 is 0 Å². The SMILES string of the molecule is CC1CCN(c2ccc(=O)n(C3CCNCC3)c2)CC1. The third-order valence-electron chi connectivity index (χ3n) is 4.77. The molecule has 2 fully saturated rings. The van der Waals surface area contributed by atoms with Gasteiger partial charge in [-0.15, -0.1) is 0 Å². The van der Waals surface area contributed by atoms with E-state index in [9.17, 15) is 4.79 Å². The predicted octanol–water partition coefficient (Wildman–Crippen LogP) is 2.01. The van der Waals surface area contributed by atoms with Crippen molar-refractivity contribution in [2.75, 3.05) is 31.1 Å². The van der Waals surface area contributed by atoms with Gasteiger partial charge in [-0.3, -0.25) is 4.79 Å². The smallest absolute Gasteiger partial charge is 0.250 e. The molecule has 3 rings (SSSR count). The van der Waals surface area contributed by atoms with Gasteiger partial charge in [0.05, 0.1) is 5.69 Å². The lowest BCUT2D eigenvalue weighted by Crippen LogP contribution is -2.36. The Labute approximate surface area is 120 Å². The van der Waals surface area contributed by atoms with E-state index in [1.54, 1.807) is 6.07 Å². The van der Waals surface area contributed by atoms with Crippen LogP contribution in [0.25, 0.3) is 0 Å². The standard InChI is InChI=1S/C16H25N3O/c1-13-6-10-18(11-7-13)15-2-3-16(20)19(12-15)14-4-8-17-9-5-14/h2-3,12-14,17H,4-11H2,1H3. The van der Waals surface area contributed by atoms with Crippen molar-refractivity contribution in [3.05, 3.63) is 28.7 Å². The molecule has 2 aliphatic rings. The molecule has 2 aliphatic heterocycles. The minimum Gasteiger partial charge on any atom is -0.370 e. The minimum absolute atomic E-state index is 0.144. The van der Waals surface area contributed by atoms with Gasteiger partial charge in [0.15, 0.2) is 0 Å². The fourth-order valence-electron chi connectivity index (χ4n) is 3.32. The van der Waals surface area contributed by atoms with Crippen molar-refractivity contribution in [3.63, 3.8) is 0 Å². The lowest BCUT2D eigenvalue weighted by molar-refractivity contribution is 0.360. The average Bonchev–Trinajstić information content (AvgIpc) is 2.50. The van der Waals surface area contributed by atoms with Gasteiger partial charge >= 0.3 is 0 Å². The Morgan fingerprint density at radius 3 is 2.50 bits per heavy atom. The molecule has 0 bridgehead atoms. The predicted molar refractivity (Wildman–Crippen MR) is 82.5 cm³/mol. The van der Waals surface area contributed by atoms with E-state index in [4.69, 9.17) is 0 Å². The number of rotatable bonds is 2. The lowest BCUT2D eigenvalue weighted by Gasteiger charge is -2.33. The van der Waals surface area contributed by atoms with Crippen molar-refractivity contribution >= 4 is 5.69 Å². The van der Waals surface area contributed by atoms with E-state index < -0.39 is 0 Å². The first-order chi connectivity index (χ1) is 9.74. The Hall–Kier alpha value is -1.29. The average molecular weight is 275 g/mol. The van der Waals surface area contributed by atoms with Crippen LogP contribution >= 0.6 is 0 Å². The normalized spacial score (nSPS) is 22.1. The van der Waals surface area contributed by atoms with Crippen molar-refractivity contribution in [3.8, 4) is 0 Å². The molecule has 2 saturated heterocycles. The quantitative estimate of drug-likeness (QED) is 0.897. The molecule has 0 saturated carbocycles. The summed E-state index contributed by atoms with van der Waals surface area (Å²) in [6.07, 6.45) is 6.72. The van der Waals surface area contributed by atoms with Crippen LogP contribution in [0.2, 0.25) is 0 Å². The molecule has 1 aromatic rings. The van der Waals surface area contributed by atoms with Crippen LogP contribution < -0.4 is 15.8 Å². The second-order valence-electron chi connectivity index (χ2n) is 6.28. The fraction of sp³-hybridized carbons (Fsp3) is 0.688. The maximum absolute atomic E-state index is 12.1. The van der Waals surface area contributed by atoms with Gasteiger partial charge in [0.25, 0.3) is 5.56 Å². The molecule has 0 unspecified atom stereocenters. The molecular formula is C16H25N3O. The summed E-state index contributed by atoms with van der Waals surface area (Å²) in [6, 6.07) is 4.11. The van der Waals surface area contributed by atoms with Crippen LogP contribution in [-0.4, -0.2) is 30.7 Å². The molecule has 0 aliphatic carbocycles. The largest absolute Gasteiger partial charge is 0.370 e. The number of pyridine rings is 1. The van der Waals surface area contributed by atoms with Gasteiger partial charge in [-0.1, -0.05) is 6.92 Å². The van der Waals surface area contributed by atoms with Gasteiger partial charge in [0, 0.05) is 31.4 Å². The maximum Gasteiger partial charge on any atom is 0.250 e. The monoisotopic (exact) mass is 275 g/mol. The zero-order chi connectivity index (χ0) is 13.9. The summed E-state index contributed by atoms with van der Waals surface area (Å²) in [6.45, 7) is 6.59. The number of piperidine rings is 2. The summed E-state index contributed by atoms with van der Waals surface area (Å²) in [5, 5.41) is 3.36. The summed E-state index contributed by atoms with van der Waals surface area (Å²) in [5.41, 5.74) is 1.36. The van der Waals surface area contributed by atoms with Gasteiger partial charge in [-0.25, -0.2) is 0 Å². The molecule has 0 amide bonds. The Bertz CT molecular complexity index is 497. The van der Waals surface area contributed by atoms with Crippen LogP contribution in [0.1, 0.15) is 38.6 Å². The fourth-order valence-corrected chi connectivity index (χ4v) is 3.32. The molecule has 0 aromatic carbocycles. The Balaban J connectivity index is 1.80. The maximum atomic E-state index is 12.1. The van der Waals surface area contributed by atoms with Gasteiger partial charge in [-0.05, 0) is 50.8 Å². The topological polar surface area (TPSA) is 37.3 Å². The summed E-state index contributed by atoms with van der Waals surface area (Å²) in [5.74, 6) is 0.835. The van der Waals surface area contributed by atoms with Gasteiger partial charge in [0.2, 0.25) is 0 Å². The van der Waals surface area contributed by atoms with E-state index in [0.29, 0.717) is 6.04 Å². The third kappa shape index (κ3) is 2.90. The second-order valence-corrected chi connectivity index (χ2v) is 6.28. The Morgan fingerprint density at radius 2 is 1.80 bits per heavy atom. The van der Waals surface area contributed by atoms with Crippen LogP contribution in [0.3, 0.4) is 0 Å². The van der Waals surface area contributed by atoms with Crippen molar-refractivity contribution in [2.24, 2.45) is 5.92 Å². The number of hydrogen-bond acceptors (Lipinski definition) is 3.